The van der Waals surface area contributed by atoms with Crippen LogP contribution in [0.2, 0.25) is 0 Å². The van der Waals surface area contributed by atoms with E-state index in [4.69, 9.17) is 14.2 Å². The van der Waals surface area contributed by atoms with Crippen molar-refractivity contribution in [3.8, 4) is 0 Å². The van der Waals surface area contributed by atoms with E-state index in [-0.39, 0.29) is 37.5 Å². The lowest BCUT2D eigenvalue weighted by molar-refractivity contribution is -0.167. The minimum absolute atomic E-state index is 0.0876. The predicted octanol–water partition coefficient (Wildman–Crippen LogP) is 17.1. The van der Waals surface area contributed by atoms with Gasteiger partial charge >= 0.3 is 17.9 Å². The van der Waals surface area contributed by atoms with Gasteiger partial charge in [0.15, 0.2) is 6.10 Å². The summed E-state index contributed by atoms with van der Waals surface area (Å²) in [6.45, 7) is 6.42. The van der Waals surface area contributed by atoms with Crippen molar-refractivity contribution in [1.82, 2.24) is 0 Å². The van der Waals surface area contributed by atoms with E-state index >= 15 is 0 Å². The largest absolute Gasteiger partial charge is 0.462 e. The van der Waals surface area contributed by atoms with Crippen LogP contribution in [0.15, 0.2) is 48.6 Å². The van der Waals surface area contributed by atoms with Gasteiger partial charge in [0.1, 0.15) is 13.2 Å². The molecule has 6 nitrogen and oxygen atoms in total. The third-order valence-corrected chi connectivity index (χ3v) is 11.3. The van der Waals surface area contributed by atoms with Crippen molar-refractivity contribution in [3.05, 3.63) is 48.6 Å². The smallest absolute Gasteiger partial charge is 0.306 e. The van der Waals surface area contributed by atoms with E-state index < -0.39 is 6.10 Å². The Balaban J connectivity index is 4.11. The molecule has 0 aliphatic heterocycles. The Kier molecular flexibility index (Phi) is 47.9. The molecule has 0 heterocycles. The molecular formula is C55H98O6. The monoisotopic (exact) mass is 855 g/mol. The Labute approximate surface area is 378 Å². The van der Waals surface area contributed by atoms with Gasteiger partial charge in [0.25, 0.3) is 0 Å². The van der Waals surface area contributed by atoms with Gasteiger partial charge in [-0.2, -0.15) is 0 Å². The van der Waals surface area contributed by atoms with Crippen LogP contribution in [0.25, 0.3) is 0 Å². The third-order valence-electron chi connectivity index (χ3n) is 11.3. The first kappa shape index (κ1) is 58.4. The highest BCUT2D eigenvalue weighted by molar-refractivity contribution is 5.71. The van der Waals surface area contributed by atoms with Crippen molar-refractivity contribution < 1.29 is 28.6 Å². The highest BCUT2D eigenvalue weighted by Gasteiger charge is 2.19. The molecule has 0 spiro atoms. The van der Waals surface area contributed by atoms with Crippen LogP contribution in [0, 0.1) is 0 Å². The Hall–Kier alpha value is -2.63. The van der Waals surface area contributed by atoms with Crippen LogP contribution in [0.5, 0.6) is 0 Å². The molecule has 1 unspecified atom stereocenters. The van der Waals surface area contributed by atoms with Crippen LogP contribution in [-0.4, -0.2) is 37.2 Å². The molecule has 0 aromatic carbocycles. The van der Waals surface area contributed by atoms with Crippen molar-refractivity contribution in [2.75, 3.05) is 13.2 Å². The first-order valence-electron chi connectivity index (χ1n) is 26.1. The zero-order valence-electron chi connectivity index (χ0n) is 40.4. The van der Waals surface area contributed by atoms with Crippen molar-refractivity contribution in [1.29, 1.82) is 0 Å². The quantitative estimate of drug-likeness (QED) is 0.0263. The van der Waals surface area contributed by atoms with Crippen molar-refractivity contribution in [2.24, 2.45) is 0 Å². The zero-order chi connectivity index (χ0) is 44.4. The average molecular weight is 855 g/mol. The topological polar surface area (TPSA) is 78.9 Å². The number of ether oxygens (including phenoxy) is 3. The van der Waals surface area contributed by atoms with Crippen LogP contribution in [0.3, 0.4) is 0 Å². The molecule has 0 aromatic rings. The molecular weight excluding hydrogens is 757 g/mol. The van der Waals surface area contributed by atoms with Gasteiger partial charge in [0.2, 0.25) is 0 Å². The summed E-state index contributed by atoms with van der Waals surface area (Å²) in [6.07, 6.45) is 60.1. The van der Waals surface area contributed by atoms with E-state index in [2.05, 4.69) is 69.4 Å². The third kappa shape index (κ3) is 48.3. The summed E-state index contributed by atoms with van der Waals surface area (Å²) in [6, 6.07) is 0. The molecule has 0 aliphatic rings. The maximum atomic E-state index is 12.7. The number of allylic oxidation sites excluding steroid dienone is 8. The maximum absolute atomic E-state index is 12.7. The van der Waals surface area contributed by atoms with Crippen LogP contribution in [-0.2, 0) is 28.6 Å². The second-order valence-electron chi connectivity index (χ2n) is 17.4. The summed E-state index contributed by atoms with van der Waals surface area (Å²) in [5, 5.41) is 0. The van der Waals surface area contributed by atoms with E-state index in [1.54, 1.807) is 0 Å². The van der Waals surface area contributed by atoms with E-state index in [1.165, 1.54) is 135 Å². The van der Waals surface area contributed by atoms with Crippen molar-refractivity contribution in [3.63, 3.8) is 0 Å². The summed E-state index contributed by atoms with van der Waals surface area (Å²) >= 11 is 0. The number of rotatable bonds is 47. The lowest BCUT2D eigenvalue weighted by Gasteiger charge is -2.18. The molecule has 0 amide bonds. The molecule has 0 fully saturated rings. The van der Waals surface area contributed by atoms with Gasteiger partial charge in [0.05, 0.1) is 0 Å². The molecule has 6 heteroatoms. The number of esters is 3. The second-order valence-corrected chi connectivity index (χ2v) is 17.4. The van der Waals surface area contributed by atoms with Gasteiger partial charge in [0, 0.05) is 19.3 Å². The van der Waals surface area contributed by atoms with E-state index in [1.807, 2.05) is 0 Å². The highest BCUT2D eigenvalue weighted by atomic mass is 16.6. The number of unbranched alkanes of at least 4 members (excludes halogenated alkanes) is 28. The molecule has 0 rings (SSSR count). The van der Waals surface area contributed by atoms with Gasteiger partial charge in [-0.15, -0.1) is 0 Å². The summed E-state index contributed by atoms with van der Waals surface area (Å²) in [7, 11) is 0. The van der Waals surface area contributed by atoms with E-state index in [9.17, 15) is 14.4 Å². The summed E-state index contributed by atoms with van der Waals surface area (Å²) in [4.78, 5) is 37.6. The fraction of sp³-hybridized carbons (Fsp3) is 0.800. The predicted molar refractivity (Wildman–Crippen MR) is 261 cm³/mol. The average Bonchev–Trinajstić information content (AvgIpc) is 3.26. The van der Waals surface area contributed by atoms with Gasteiger partial charge < -0.3 is 14.2 Å². The molecule has 0 aromatic heterocycles. The summed E-state index contributed by atoms with van der Waals surface area (Å²) in [5.74, 6) is -0.937. The van der Waals surface area contributed by atoms with E-state index in [0.29, 0.717) is 19.3 Å². The fourth-order valence-electron chi connectivity index (χ4n) is 7.43. The summed E-state index contributed by atoms with van der Waals surface area (Å²) in [5.41, 5.74) is 0. The minimum atomic E-state index is -0.788. The Bertz CT molecular complexity index is 1070. The zero-order valence-corrected chi connectivity index (χ0v) is 40.4. The maximum Gasteiger partial charge on any atom is 0.306 e. The molecule has 0 radical (unpaired) electrons. The van der Waals surface area contributed by atoms with Crippen LogP contribution < -0.4 is 0 Å². The lowest BCUT2D eigenvalue weighted by Crippen LogP contribution is -2.30. The second kappa shape index (κ2) is 50.0. The molecule has 0 aliphatic carbocycles. The van der Waals surface area contributed by atoms with Crippen molar-refractivity contribution >= 4 is 17.9 Å². The molecule has 0 N–H and O–H groups in total. The standard InChI is InChI=1S/C55H98O6/c1-4-7-10-13-15-17-19-21-23-24-25-26-27-28-29-30-32-33-35-37-39-42-45-48-54(57)60-51-52(50-59-53(56)47-44-41-12-9-6-3)61-55(58)49-46-43-40-38-36-34-31-22-20-18-16-14-11-8-5-2/h8,11,16,18,22,31,36,38,52H,4-7,9-10,12-15,17,19-21,23-30,32-35,37,39-51H2,1-3H3/b11-8-,18-16-,31-22-,38-36-. The number of carbonyl (C=O) groups excluding carboxylic acids is 3. The van der Waals surface area contributed by atoms with Gasteiger partial charge in [-0.05, 0) is 57.8 Å². The van der Waals surface area contributed by atoms with Crippen molar-refractivity contribution in [2.45, 2.75) is 271 Å². The highest BCUT2D eigenvalue weighted by Crippen LogP contribution is 2.16. The normalized spacial score (nSPS) is 12.4. The summed E-state index contributed by atoms with van der Waals surface area (Å²) < 4.78 is 16.6. The Morgan fingerprint density at radius 1 is 0.344 bits per heavy atom. The van der Waals surface area contributed by atoms with Crippen LogP contribution in [0.1, 0.15) is 265 Å². The van der Waals surface area contributed by atoms with Crippen LogP contribution in [0.4, 0.5) is 0 Å². The molecule has 354 valence electrons. The van der Waals surface area contributed by atoms with Crippen LogP contribution >= 0.6 is 0 Å². The molecule has 0 saturated heterocycles. The molecule has 0 saturated carbocycles. The lowest BCUT2D eigenvalue weighted by atomic mass is 10.0. The first-order valence-corrected chi connectivity index (χ1v) is 26.1. The van der Waals surface area contributed by atoms with Gasteiger partial charge in [-0.3, -0.25) is 14.4 Å². The Morgan fingerprint density at radius 2 is 0.639 bits per heavy atom. The minimum Gasteiger partial charge on any atom is -0.462 e. The molecule has 0 bridgehead atoms. The SMILES string of the molecule is CC/C=C\C/C=C\C/C=C\C/C=C\CCCCC(=O)OC(COC(=O)CCCCCCC)COC(=O)CCCCCCCCCCCCCCCCCCCCCCCCC. The van der Waals surface area contributed by atoms with Gasteiger partial charge in [-0.25, -0.2) is 0 Å². The van der Waals surface area contributed by atoms with Gasteiger partial charge in [-0.1, -0.05) is 236 Å². The molecule has 1 atom stereocenters. The number of carbonyl (C=O) groups is 3. The fourth-order valence-corrected chi connectivity index (χ4v) is 7.43. The Morgan fingerprint density at radius 3 is 1.00 bits per heavy atom. The van der Waals surface area contributed by atoms with E-state index in [0.717, 1.165) is 83.5 Å². The number of hydrogen-bond acceptors (Lipinski definition) is 6. The molecule has 61 heavy (non-hydrogen) atoms. The first-order chi connectivity index (χ1) is 30.0. The number of hydrogen-bond donors (Lipinski definition) is 0.